The Morgan fingerprint density at radius 1 is 0.448 bits per heavy atom. The van der Waals surface area contributed by atoms with Crippen LogP contribution in [0.25, 0.3) is 0 Å². The maximum atomic E-state index is 14.0. The molecule has 0 spiro atoms. The third-order valence-electron chi connectivity index (χ3n) is 12.6. The van der Waals surface area contributed by atoms with Crippen LogP contribution in [0.2, 0.25) is 0 Å². The molecule has 1 rings (SSSR count). The summed E-state index contributed by atoms with van der Waals surface area (Å²) in [7, 11) is 0. The predicted octanol–water partition coefficient (Wildman–Crippen LogP) is -5.50. The van der Waals surface area contributed by atoms with E-state index in [1.165, 1.54) is 0 Å². The van der Waals surface area contributed by atoms with Crippen LogP contribution in [-0.2, 0) is 68.7 Å². The molecule has 0 fully saturated rings. The molecular formula is C54H90N18O15. The zero-order chi connectivity index (χ0) is 66.1. The number of carbonyl (C=O) groups excluding carboxylic acids is 11. The number of hydrogen-bond acceptors (Lipinski definition) is 16. The first kappa shape index (κ1) is 75.8. The summed E-state index contributed by atoms with van der Waals surface area (Å²) in [6.07, 6.45) is -2.70. The molecule has 0 unspecified atom stereocenters. The summed E-state index contributed by atoms with van der Waals surface area (Å²) in [4.78, 5) is 179. The number of hydrogen-bond donors (Lipinski definition) is 18. The van der Waals surface area contributed by atoms with Crippen molar-refractivity contribution in [2.45, 2.75) is 173 Å². The Kier molecular flexibility index (Phi) is 34.4. The second kappa shape index (κ2) is 39.4. The summed E-state index contributed by atoms with van der Waals surface area (Å²) in [6.45, 7) is 9.44. The van der Waals surface area contributed by atoms with Crippen molar-refractivity contribution < 1.29 is 72.5 Å². The van der Waals surface area contributed by atoms with E-state index in [2.05, 4.69) is 57.8 Å². The lowest BCUT2D eigenvalue weighted by molar-refractivity contribution is -0.142. The van der Waals surface area contributed by atoms with Crippen LogP contribution in [0.3, 0.4) is 0 Å². The van der Waals surface area contributed by atoms with E-state index >= 15 is 0 Å². The summed E-state index contributed by atoms with van der Waals surface area (Å²) >= 11 is 0. The van der Waals surface area contributed by atoms with Crippen LogP contribution >= 0.6 is 0 Å². The molecule has 1 aromatic rings. The molecule has 0 radical (unpaired) electrons. The van der Waals surface area contributed by atoms with Crippen molar-refractivity contribution in [2.75, 3.05) is 19.6 Å². The molecule has 0 aliphatic heterocycles. The lowest BCUT2D eigenvalue weighted by Crippen LogP contribution is -2.60. The lowest BCUT2D eigenvalue weighted by atomic mass is 9.99. The number of rotatable bonds is 42. The largest absolute Gasteiger partial charge is 0.481 e. The van der Waals surface area contributed by atoms with Crippen molar-refractivity contribution in [3.8, 4) is 0 Å². The zero-order valence-corrected chi connectivity index (χ0v) is 50.1. The Morgan fingerprint density at radius 3 is 1.24 bits per heavy atom. The number of amides is 11. The van der Waals surface area contributed by atoms with Crippen LogP contribution < -0.4 is 88.0 Å². The molecule has 11 amide bonds. The van der Waals surface area contributed by atoms with Gasteiger partial charge in [-0.2, -0.15) is 0 Å². The molecule has 0 aliphatic rings. The van der Waals surface area contributed by atoms with Gasteiger partial charge in [-0.3, -0.25) is 67.5 Å². The summed E-state index contributed by atoms with van der Waals surface area (Å²) in [6, 6.07) is -4.87. The number of carboxylic acid groups (broad SMARTS) is 2. The van der Waals surface area contributed by atoms with Gasteiger partial charge in [-0.15, -0.1) is 0 Å². The van der Waals surface area contributed by atoms with Crippen LogP contribution in [-0.4, -0.2) is 173 Å². The number of nitrogens with zero attached hydrogens (tertiary/aromatic N) is 2. The maximum Gasteiger partial charge on any atom is 0.326 e. The Hall–Kier alpha value is -9.17. The van der Waals surface area contributed by atoms with Gasteiger partial charge in [0.1, 0.15) is 48.3 Å². The van der Waals surface area contributed by atoms with Crippen LogP contribution in [0.15, 0.2) is 40.3 Å². The number of primary amides is 2. The molecule has 9 atom stereocenters. The number of carboxylic acids is 2. The van der Waals surface area contributed by atoms with Crippen LogP contribution in [0.5, 0.6) is 0 Å². The van der Waals surface area contributed by atoms with Gasteiger partial charge in [0.15, 0.2) is 11.9 Å². The van der Waals surface area contributed by atoms with Crippen molar-refractivity contribution >= 4 is 88.8 Å². The number of nitrogens with one attached hydrogen (secondary N) is 9. The highest BCUT2D eigenvalue weighted by Crippen LogP contribution is 2.13. The molecule has 0 aliphatic carbocycles. The van der Waals surface area contributed by atoms with E-state index < -0.39 is 151 Å². The normalized spacial score (nSPS) is 14.1. The number of nitrogens with two attached hydrogens (primary N) is 7. The minimum absolute atomic E-state index is 0.0398. The fraction of sp³-hybridized carbons (Fsp3) is 0.611. The Labute approximate surface area is 504 Å². The Morgan fingerprint density at radius 2 is 0.828 bits per heavy atom. The van der Waals surface area contributed by atoms with E-state index in [9.17, 15) is 72.5 Å². The molecule has 0 bridgehead atoms. The van der Waals surface area contributed by atoms with Crippen molar-refractivity contribution in [1.29, 1.82) is 0 Å². The lowest BCUT2D eigenvalue weighted by Gasteiger charge is -2.28. The van der Waals surface area contributed by atoms with Gasteiger partial charge in [-0.1, -0.05) is 71.9 Å². The van der Waals surface area contributed by atoms with Gasteiger partial charge < -0.3 is 98.2 Å². The van der Waals surface area contributed by atoms with Gasteiger partial charge >= 0.3 is 11.9 Å². The molecule has 25 N–H and O–H groups in total. The van der Waals surface area contributed by atoms with E-state index in [0.717, 1.165) is 0 Å². The predicted molar refractivity (Wildman–Crippen MR) is 317 cm³/mol. The Balaban J connectivity index is 3.44. The minimum atomic E-state index is -1.85. The smallest absolute Gasteiger partial charge is 0.326 e. The van der Waals surface area contributed by atoms with Gasteiger partial charge in [-0.25, -0.2) is 4.79 Å². The van der Waals surface area contributed by atoms with Crippen molar-refractivity contribution in [3.05, 3.63) is 35.9 Å². The zero-order valence-electron chi connectivity index (χ0n) is 50.1. The third-order valence-corrected chi connectivity index (χ3v) is 12.6. The highest BCUT2D eigenvalue weighted by atomic mass is 16.4. The first-order valence-electron chi connectivity index (χ1n) is 28.3. The quantitative estimate of drug-likeness (QED) is 0.0165. The van der Waals surface area contributed by atoms with E-state index in [-0.39, 0.29) is 107 Å². The maximum absolute atomic E-state index is 14.0. The average molecular weight is 1230 g/mol. The molecule has 486 valence electrons. The topological polar surface area (TPSA) is 577 Å². The fourth-order valence-electron chi connectivity index (χ4n) is 8.38. The molecule has 1 aromatic carbocycles. The van der Waals surface area contributed by atoms with Gasteiger partial charge in [0.05, 0.1) is 25.4 Å². The summed E-state index contributed by atoms with van der Waals surface area (Å²) in [5, 5.41) is 41.8. The molecule has 0 heterocycles. The Bertz CT molecular complexity index is 2580. The first-order valence-corrected chi connectivity index (χ1v) is 28.3. The number of carbonyl (C=O) groups is 13. The second-order valence-corrected chi connectivity index (χ2v) is 22.0. The van der Waals surface area contributed by atoms with Gasteiger partial charge in [0, 0.05) is 25.9 Å². The molecular weight excluding hydrogens is 1140 g/mol. The molecule has 0 aromatic heterocycles. The van der Waals surface area contributed by atoms with Crippen LogP contribution in [0.4, 0.5) is 0 Å². The summed E-state index contributed by atoms with van der Waals surface area (Å²) in [5.74, 6) is -14.9. The van der Waals surface area contributed by atoms with E-state index in [1.807, 2.05) is 0 Å². The highest BCUT2D eigenvalue weighted by Gasteiger charge is 2.36. The molecule has 33 nitrogen and oxygen atoms in total. The highest BCUT2D eigenvalue weighted by molar-refractivity contribution is 5.99. The number of aliphatic carboxylic acids is 2. The minimum Gasteiger partial charge on any atom is -0.481 e. The van der Waals surface area contributed by atoms with Crippen LogP contribution in [0, 0.1) is 17.8 Å². The van der Waals surface area contributed by atoms with E-state index in [0.29, 0.717) is 5.56 Å². The number of benzene rings is 1. The van der Waals surface area contributed by atoms with Gasteiger partial charge in [-0.05, 0) is 74.7 Å². The summed E-state index contributed by atoms with van der Waals surface area (Å²) < 4.78 is 0. The monoisotopic (exact) mass is 1230 g/mol. The second-order valence-electron chi connectivity index (χ2n) is 22.0. The molecule has 0 saturated heterocycles. The third kappa shape index (κ3) is 32.6. The van der Waals surface area contributed by atoms with E-state index in [1.54, 1.807) is 71.9 Å². The SMILES string of the molecule is CC(C)C[C@H](NC(=O)CNC(=O)[C@H](CCCN=C(N)N)NC(=O)[C@H](CCCN=C(N)N)NC(=O)[C@H](CC(N)=O)NC(=O)[C@@H](N)CCC(N)=O)C(=O)N[C@@H](CC(=O)O)C(=O)N[C@@H](CC(C)C)C(=O)N[C@@H](CC(C)C)C(=O)N[C@@H](Cc1ccccc1)C(=O)O. The summed E-state index contributed by atoms with van der Waals surface area (Å²) in [5.41, 5.74) is 38.8. The fourth-order valence-corrected chi connectivity index (χ4v) is 8.38. The number of guanidine groups is 2. The molecule has 0 saturated carbocycles. The van der Waals surface area contributed by atoms with Gasteiger partial charge in [0.2, 0.25) is 65.0 Å². The van der Waals surface area contributed by atoms with Crippen molar-refractivity contribution in [2.24, 2.45) is 67.9 Å². The van der Waals surface area contributed by atoms with Gasteiger partial charge in [0.25, 0.3) is 0 Å². The van der Waals surface area contributed by atoms with Crippen molar-refractivity contribution in [1.82, 2.24) is 47.9 Å². The molecule has 33 heteroatoms. The first-order chi connectivity index (χ1) is 40.7. The van der Waals surface area contributed by atoms with Crippen molar-refractivity contribution in [3.63, 3.8) is 0 Å². The number of aliphatic imine (C=N–C) groups is 2. The standard InChI is InChI=1S/C54H90N18O15/c1-27(2)20-34(47(81)71-38(25-43(76)77)51(85)70-35(21-28(3)4)48(82)69-36(22-29(5)6)49(83)72-39(52(86)87)23-30-12-8-7-9-13-30)65-42(75)26-64-45(79)32(14-10-18-62-53(58)59)66-46(80)33(15-11-19-63-54(60)61)67-50(84)37(24-41(57)74)68-44(78)31(55)16-17-40(56)73/h7-9,12-13,27-29,31-39H,10-11,14-26,55H2,1-6H3,(H2,56,73)(H2,57,74)(H,64,79)(H,65,75)(H,66,80)(H,67,84)(H,68,78)(H,69,82)(H,70,85)(H,71,81)(H,72,83)(H,76,77)(H,86,87)(H4,58,59,62)(H4,60,61,63)/t31-,32-,33-,34-,35-,36-,37-,38-,39-/m0/s1. The van der Waals surface area contributed by atoms with Crippen LogP contribution in [0.1, 0.15) is 118 Å². The van der Waals surface area contributed by atoms with E-state index in [4.69, 9.17) is 40.1 Å². The average Bonchev–Trinajstić information content (AvgIpc) is 3.42. The molecule has 87 heavy (non-hydrogen) atoms.